The monoisotopic (exact) mass is 347 g/mol. The molecule has 24 heavy (non-hydrogen) atoms. The highest BCUT2D eigenvalue weighted by molar-refractivity contribution is 5.76. The van der Waals surface area contributed by atoms with Gasteiger partial charge in [-0.15, -0.1) is 0 Å². The molecule has 0 aromatic heterocycles. The molecule has 1 N–H and O–H groups in total. The summed E-state index contributed by atoms with van der Waals surface area (Å²) in [6.07, 6.45) is -4.18. The van der Waals surface area contributed by atoms with E-state index >= 15 is 0 Å². The smallest absolute Gasteiger partial charge is 0.487 e. The van der Waals surface area contributed by atoms with Gasteiger partial charge in [-0.2, -0.15) is 13.2 Å². The summed E-state index contributed by atoms with van der Waals surface area (Å²) in [7, 11) is 0. The fourth-order valence-corrected chi connectivity index (χ4v) is 3.36. The summed E-state index contributed by atoms with van der Waals surface area (Å²) >= 11 is 0. The summed E-state index contributed by atoms with van der Waals surface area (Å²) in [6.45, 7) is 1.74. The summed E-state index contributed by atoms with van der Waals surface area (Å²) in [4.78, 5) is 11.2. The highest BCUT2D eigenvalue weighted by Gasteiger charge is 2.53. The number of carbonyl (C=O) groups is 1. The average molecular weight is 347 g/mol. The number of nitrogens with one attached hydrogen (secondary N) is 1. The molecule has 132 valence electrons. The van der Waals surface area contributed by atoms with Crippen molar-refractivity contribution >= 4 is 5.97 Å². The van der Waals surface area contributed by atoms with E-state index in [9.17, 15) is 22.4 Å². The first-order valence-electron chi connectivity index (χ1n) is 7.67. The first-order chi connectivity index (χ1) is 11.2. The van der Waals surface area contributed by atoms with E-state index < -0.39 is 29.8 Å². The van der Waals surface area contributed by atoms with Crippen LogP contribution in [0, 0.1) is 12.7 Å². The van der Waals surface area contributed by atoms with Crippen LogP contribution in [0.15, 0.2) is 18.2 Å². The molecule has 4 nitrogen and oxygen atoms in total. The minimum Gasteiger partial charge on any atom is -0.487 e. The van der Waals surface area contributed by atoms with Crippen LogP contribution >= 0.6 is 0 Å². The maximum absolute atomic E-state index is 13.9. The molecule has 2 saturated heterocycles. The summed E-state index contributed by atoms with van der Waals surface area (Å²) < 4.78 is 61.7. The number of benzene rings is 1. The lowest BCUT2D eigenvalue weighted by atomic mass is 9.99. The topological polar surface area (TPSA) is 47.6 Å². The number of esters is 1. The zero-order valence-corrected chi connectivity index (χ0v) is 13.0. The second kappa shape index (κ2) is 5.91. The van der Waals surface area contributed by atoms with Gasteiger partial charge in [0, 0.05) is 18.9 Å². The lowest BCUT2D eigenvalue weighted by Crippen LogP contribution is -2.56. The van der Waals surface area contributed by atoms with Gasteiger partial charge in [0.25, 0.3) is 0 Å². The van der Waals surface area contributed by atoms with E-state index in [-0.39, 0.29) is 24.6 Å². The molecule has 2 aliphatic heterocycles. The molecule has 2 bridgehead atoms. The van der Waals surface area contributed by atoms with E-state index in [1.54, 1.807) is 13.0 Å². The summed E-state index contributed by atoms with van der Waals surface area (Å²) in [5.74, 6) is -2.70. The van der Waals surface area contributed by atoms with Crippen LogP contribution in [0.2, 0.25) is 0 Å². The molecular weight excluding hydrogens is 330 g/mol. The molecule has 0 aliphatic carbocycles. The predicted molar refractivity (Wildman–Crippen MR) is 75.8 cm³/mol. The van der Waals surface area contributed by atoms with E-state index in [4.69, 9.17) is 9.47 Å². The Bertz CT molecular complexity index is 649. The van der Waals surface area contributed by atoms with Gasteiger partial charge in [-0.05, 0) is 37.5 Å². The molecule has 0 amide bonds. The Labute approximate surface area is 136 Å². The van der Waals surface area contributed by atoms with Crippen molar-refractivity contribution in [3.8, 4) is 5.75 Å². The third kappa shape index (κ3) is 3.48. The Morgan fingerprint density at radius 3 is 2.79 bits per heavy atom. The second-order valence-corrected chi connectivity index (χ2v) is 6.38. The van der Waals surface area contributed by atoms with Crippen molar-refractivity contribution in [2.75, 3.05) is 0 Å². The maximum Gasteiger partial charge on any atom is 0.490 e. The molecule has 1 aromatic rings. The van der Waals surface area contributed by atoms with Gasteiger partial charge in [-0.25, -0.2) is 9.18 Å². The van der Waals surface area contributed by atoms with Crippen LogP contribution in [0.3, 0.4) is 0 Å². The van der Waals surface area contributed by atoms with Crippen molar-refractivity contribution in [3.63, 3.8) is 0 Å². The molecule has 3 unspecified atom stereocenters. The molecule has 0 saturated carbocycles. The molecule has 0 radical (unpaired) electrons. The van der Waals surface area contributed by atoms with Crippen LogP contribution in [0.1, 0.15) is 31.2 Å². The molecule has 1 aromatic carbocycles. The van der Waals surface area contributed by atoms with E-state index in [0.717, 1.165) is 5.56 Å². The molecule has 3 rings (SSSR count). The Hall–Kier alpha value is -1.83. The Morgan fingerprint density at radius 2 is 2.12 bits per heavy atom. The first-order valence-corrected chi connectivity index (χ1v) is 7.67. The molecule has 3 atom stereocenters. The fourth-order valence-electron chi connectivity index (χ4n) is 3.36. The molecule has 0 spiro atoms. The first kappa shape index (κ1) is 17.0. The third-order valence-electron chi connectivity index (χ3n) is 4.37. The van der Waals surface area contributed by atoms with E-state index in [0.29, 0.717) is 12.8 Å². The predicted octanol–water partition coefficient (Wildman–Crippen LogP) is 3.23. The van der Waals surface area contributed by atoms with E-state index in [1.807, 2.05) is 0 Å². The zero-order chi connectivity index (χ0) is 17.5. The SMILES string of the molecule is Cc1ccc(OC2CC3CCC(OC(=O)C(F)(F)F)(C2)N3)c(F)c1. The van der Waals surface area contributed by atoms with Gasteiger partial charge in [-0.1, -0.05) is 6.07 Å². The number of ether oxygens (including phenoxy) is 2. The fraction of sp³-hybridized carbons (Fsp3) is 0.562. The van der Waals surface area contributed by atoms with Gasteiger partial charge in [0.05, 0.1) is 0 Å². The maximum atomic E-state index is 13.9. The minimum absolute atomic E-state index is 0.0403. The number of fused-ring (bicyclic) bond motifs is 2. The lowest BCUT2D eigenvalue weighted by molar-refractivity contribution is -0.219. The lowest BCUT2D eigenvalue weighted by Gasteiger charge is -2.38. The van der Waals surface area contributed by atoms with Crippen molar-refractivity contribution in [3.05, 3.63) is 29.6 Å². The summed E-state index contributed by atoms with van der Waals surface area (Å²) in [6, 6.07) is 4.37. The number of carbonyl (C=O) groups excluding carboxylic acids is 1. The summed E-state index contributed by atoms with van der Waals surface area (Å²) in [5, 5.41) is 2.93. The van der Waals surface area contributed by atoms with E-state index in [1.165, 1.54) is 12.1 Å². The van der Waals surface area contributed by atoms with Crippen LogP contribution in [0.25, 0.3) is 0 Å². The minimum atomic E-state index is -5.05. The summed E-state index contributed by atoms with van der Waals surface area (Å²) in [5.41, 5.74) is -0.665. The van der Waals surface area contributed by atoms with Crippen molar-refractivity contribution in [2.45, 2.75) is 56.7 Å². The number of aryl methyl sites for hydroxylation is 1. The van der Waals surface area contributed by atoms with Crippen LogP contribution in [-0.2, 0) is 9.53 Å². The Balaban J connectivity index is 1.72. The third-order valence-corrected chi connectivity index (χ3v) is 4.37. The number of hydrogen-bond acceptors (Lipinski definition) is 4. The van der Waals surface area contributed by atoms with Crippen molar-refractivity contribution in [2.24, 2.45) is 0 Å². The van der Waals surface area contributed by atoms with Gasteiger partial charge in [-0.3, -0.25) is 5.32 Å². The van der Waals surface area contributed by atoms with Gasteiger partial charge in [0.2, 0.25) is 0 Å². The van der Waals surface area contributed by atoms with Crippen LogP contribution in [-0.4, -0.2) is 30.0 Å². The largest absolute Gasteiger partial charge is 0.490 e. The number of hydrogen-bond donors (Lipinski definition) is 1. The van der Waals surface area contributed by atoms with Gasteiger partial charge in [0.1, 0.15) is 6.10 Å². The average Bonchev–Trinajstić information content (AvgIpc) is 2.76. The molecule has 2 heterocycles. The Morgan fingerprint density at radius 1 is 1.38 bits per heavy atom. The number of alkyl halides is 3. The van der Waals surface area contributed by atoms with E-state index in [2.05, 4.69) is 5.32 Å². The molecular formula is C16H17F4NO3. The molecule has 2 fully saturated rings. The van der Waals surface area contributed by atoms with Crippen LogP contribution in [0.5, 0.6) is 5.75 Å². The molecule has 8 heteroatoms. The quantitative estimate of drug-likeness (QED) is 0.674. The number of rotatable bonds is 3. The zero-order valence-electron chi connectivity index (χ0n) is 13.0. The van der Waals surface area contributed by atoms with Crippen molar-refractivity contribution in [1.29, 1.82) is 0 Å². The highest BCUT2D eigenvalue weighted by Crippen LogP contribution is 2.39. The van der Waals surface area contributed by atoms with Gasteiger partial charge in [0.15, 0.2) is 17.3 Å². The standard InChI is InChI=1S/C16H17F4NO3/c1-9-2-3-13(12(17)6-9)23-11-7-10-4-5-15(8-11,21-10)24-14(22)16(18,19)20/h2-3,6,10-11,21H,4-5,7-8H2,1H3. The second-order valence-electron chi connectivity index (χ2n) is 6.38. The van der Waals surface area contributed by atoms with Gasteiger partial charge < -0.3 is 9.47 Å². The Kier molecular flexibility index (Phi) is 4.19. The number of halogens is 4. The normalized spacial score (nSPS) is 29.4. The van der Waals surface area contributed by atoms with Crippen LogP contribution < -0.4 is 10.1 Å². The highest BCUT2D eigenvalue weighted by atomic mass is 19.4. The van der Waals surface area contributed by atoms with Gasteiger partial charge >= 0.3 is 12.1 Å². The van der Waals surface area contributed by atoms with Crippen molar-refractivity contribution in [1.82, 2.24) is 5.32 Å². The molecule has 2 aliphatic rings. The van der Waals surface area contributed by atoms with Crippen LogP contribution in [0.4, 0.5) is 17.6 Å². The van der Waals surface area contributed by atoms with Crippen molar-refractivity contribution < 1.29 is 31.8 Å². The number of piperidine rings is 1.